The monoisotopic (exact) mass is 517 g/mol. The standard InChI is InChI=1S/2C8H5N2S.Pt/c2*1-2-8(11-5-1)7-6-9-3-4-10-7;/h2*1,3-6H;/q2*-1;+2. The third kappa shape index (κ3) is 5.13. The van der Waals surface area contributed by atoms with Crippen LogP contribution in [0.15, 0.2) is 60.1 Å². The van der Waals surface area contributed by atoms with Crippen molar-refractivity contribution in [2.75, 3.05) is 0 Å². The summed E-state index contributed by atoms with van der Waals surface area (Å²) < 4.78 is 0. The summed E-state index contributed by atoms with van der Waals surface area (Å²) in [6, 6.07) is 9.91. The third-order valence-corrected chi connectivity index (χ3v) is 4.20. The van der Waals surface area contributed by atoms with Crippen LogP contribution in [0, 0.1) is 12.1 Å². The van der Waals surface area contributed by atoms with Gasteiger partial charge in [0.15, 0.2) is 0 Å². The molecule has 4 rings (SSSR count). The van der Waals surface area contributed by atoms with Crippen LogP contribution >= 0.6 is 22.7 Å². The zero-order chi connectivity index (χ0) is 15.0. The summed E-state index contributed by atoms with van der Waals surface area (Å²) >= 11 is 3.24. The van der Waals surface area contributed by atoms with Gasteiger partial charge in [-0.25, -0.2) is 22.7 Å². The van der Waals surface area contributed by atoms with E-state index in [9.17, 15) is 0 Å². The van der Waals surface area contributed by atoms with E-state index in [2.05, 4.69) is 32.1 Å². The van der Waals surface area contributed by atoms with E-state index in [1.54, 1.807) is 59.9 Å². The average molecular weight is 517 g/mol. The number of nitrogens with zero attached hydrogens (tertiary/aromatic N) is 4. The molecule has 4 heterocycles. The molecule has 0 spiro atoms. The Morgan fingerprint density at radius 3 is 1.48 bits per heavy atom. The van der Waals surface area contributed by atoms with Crippen LogP contribution in [0.4, 0.5) is 0 Å². The topological polar surface area (TPSA) is 51.6 Å². The second-order valence-electron chi connectivity index (χ2n) is 3.97. The van der Waals surface area contributed by atoms with E-state index in [-0.39, 0.29) is 21.1 Å². The molecule has 0 aliphatic carbocycles. The molecule has 0 atom stereocenters. The van der Waals surface area contributed by atoms with Crippen molar-refractivity contribution in [2.24, 2.45) is 0 Å². The van der Waals surface area contributed by atoms with Gasteiger partial charge in [0.2, 0.25) is 0 Å². The first-order chi connectivity index (χ1) is 10.9. The second-order valence-corrected chi connectivity index (χ2v) is 5.80. The van der Waals surface area contributed by atoms with Gasteiger partial charge >= 0.3 is 21.1 Å². The van der Waals surface area contributed by atoms with Gasteiger partial charge in [-0.1, -0.05) is 9.75 Å². The van der Waals surface area contributed by atoms with E-state index >= 15 is 0 Å². The minimum Gasteiger partial charge on any atom is -0.316 e. The molecule has 0 aromatic carbocycles. The largest absolute Gasteiger partial charge is 2.00 e. The molecule has 0 bridgehead atoms. The molecular formula is C16H10N4PtS2. The molecule has 4 aromatic rings. The molecule has 0 saturated carbocycles. The van der Waals surface area contributed by atoms with E-state index in [0.29, 0.717) is 0 Å². The molecule has 0 radical (unpaired) electrons. The molecule has 4 nitrogen and oxygen atoms in total. The van der Waals surface area contributed by atoms with Crippen LogP contribution in [0.25, 0.3) is 21.1 Å². The summed E-state index contributed by atoms with van der Waals surface area (Å²) in [7, 11) is 0. The van der Waals surface area contributed by atoms with Crippen molar-refractivity contribution < 1.29 is 21.1 Å². The summed E-state index contributed by atoms with van der Waals surface area (Å²) in [6.07, 6.45) is 10.2. The Labute approximate surface area is 156 Å². The predicted molar refractivity (Wildman–Crippen MR) is 88.4 cm³/mol. The van der Waals surface area contributed by atoms with Crippen molar-refractivity contribution >= 4 is 22.7 Å². The van der Waals surface area contributed by atoms with Crippen LogP contribution < -0.4 is 0 Å². The maximum absolute atomic E-state index is 4.14. The molecule has 0 aliphatic heterocycles. The van der Waals surface area contributed by atoms with Crippen molar-refractivity contribution in [3.8, 4) is 21.1 Å². The summed E-state index contributed by atoms with van der Waals surface area (Å²) in [4.78, 5) is 18.3. The van der Waals surface area contributed by atoms with E-state index in [1.165, 1.54) is 0 Å². The van der Waals surface area contributed by atoms with Crippen LogP contribution in [0.5, 0.6) is 0 Å². The Hall–Kier alpha value is -1.75. The number of rotatable bonds is 2. The van der Waals surface area contributed by atoms with Crippen LogP contribution in [0.3, 0.4) is 0 Å². The van der Waals surface area contributed by atoms with E-state index in [1.807, 2.05) is 22.9 Å². The Balaban J connectivity index is 0.000000160. The van der Waals surface area contributed by atoms with Gasteiger partial charge < -0.3 is 9.97 Å². The van der Waals surface area contributed by atoms with Gasteiger partial charge in [-0.2, -0.15) is 24.3 Å². The minimum absolute atomic E-state index is 0. The minimum atomic E-state index is 0. The molecule has 7 heteroatoms. The Bertz CT molecular complexity index is 706. The Morgan fingerprint density at radius 2 is 1.17 bits per heavy atom. The normalized spacial score (nSPS) is 9.39. The second kappa shape index (κ2) is 9.40. The van der Waals surface area contributed by atoms with Crippen molar-refractivity contribution in [3.63, 3.8) is 0 Å². The number of aromatic nitrogens is 4. The SMILES string of the molecule is [Pt+2].[c-]1ccsc1-c1cnccn1.[c-]1ccsc1-c1cnccn1. The molecule has 0 amide bonds. The van der Waals surface area contributed by atoms with Gasteiger partial charge in [0.1, 0.15) is 0 Å². The first kappa shape index (κ1) is 17.6. The Morgan fingerprint density at radius 1 is 0.696 bits per heavy atom. The van der Waals surface area contributed by atoms with E-state index < -0.39 is 0 Å². The van der Waals surface area contributed by atoms with Gasteiger partial charge in [-0.3, -0.25) is 9.97 Å². The molecule has 23 heavy (non-hydrogen) atoms. The average Bonchev–Trinajstić information content (AvgIpc) is 3.31. The fraction of sp³-hybridized carbons (Fsp3) is 0. The van der Waals surface area contributed by atoms with Crippen LogP contribution in [-0.2, 0) is 21.1 Å². The van der Waals surface area contributed by atoms with Gasteiger partial charge in [0.05, 0.1) is 0 Å². The number of thiophene rings is 2. The molecule has 0 unspecified atom stereocenters. The smallest absolute Gasteiger partial charge is 0.316 e. The van der Waals surface area contributed by atoms with Gasteiger partial charge in [0, 0.05) is 24.8 Å². The van der Waals surface area contributed by atoms with Crippen LogP contribution in [0.2, 0.25) is 0 Å². The first-order valence-electron chi connectivity index (χ1n) is 6.36. The van der Waals surface area contributed by atoms with Gasteiger partial charge in [0.25, 0.3) is 0 Å². The summed E-state index contributed by atoms with van der Waals surface area (Å²) in [5.74, 6) is 0. The van der Waals surface area contributed by atoms with Crippen LogP contribution in [-0.4, -0.2) is 19.9 Å². The molecule has 0 saturated heterocycles. The number of hydrogen-bond donors (Lipinski definition) is 0. The molecule has 0 aliphatic rings. The maximum atomic E-state index is 4.14. The van der Waals surface area contributed by atoms with E-state index in [0.717, 1.165) is 21.1 Å². The fourth-order valence-electron chi connectivity index (χ4n) is 1.59. The molecule has 116 valence electrons. The van der Waals surface area contributed by atoms with Gasteiger partial charge in [-0.15, -0.1) is 10.8 Å². The van der Waals surface area contributed by atoms with E-state index in [4.69, 9.17) is 0 Å². The molecule has 4 aromatic heterocycles. The van der Waals surface area contributed by atoms with Crippen molar-refractivity contribution in [2.45, 2.75) is 0 Å². The Kier molecular flexibility index (Phi) is 7.19. The summed E-state index contributed by atoms with van der Waals surface area (Å²) in [5.41, 5.74) is 1.78. The third-order valence-electron chi connectivity index (χ3n) is 2.53. The zero-order valence-electron chi connectivity index (χ0n) is 11.7. The predicted octanol–water partition coefficient (Wildman–Crippen LogP) is 4.01. The summed E-state index contributed by atoms with van der Waals surface area (Å²) in [6.45, 7) is 0. The van der Waals surface area contributed by atoms with Crippen molar-refractivity contribution in [3.05, 3.63) is 72.2 Å². The zero-order valence-corrected chi connectivity index (χ0v) is 15.6. The van der Waals surface area contributed by atoms with Crippen LogP contribution in [0.1, 0.15) is 0 Å². The molecule has 0 fully saturated rings. The quantitative estimate of drug-likeness (QED) is 0.377. The number of hydrogen-bond acceptors (Lipinski definition) is 6. The summed E-state index contributed by atoms with van der Waals surface area (Å²) in [5, 5.41) is 3.95. The maximum Gasteiger partial charge on any atom is 2.00 e. The fourth-order valence-corrected chi connectivity index (χ4v) is 2.86. The first-order valence-corrected chi connectivity index (χ1v) is 8.12. The van der Waals surface area contributed by atoms with Gasteiger partial charge in [-0.05, 0) is 23.8 Å². The van der Waals surface area contributed by atoms with Crippen molar-refractivity contribution in [1.82, 2.24) is 19.9 Å². The molecule has 0 N–H and O–H groups in total. The molecular weight excluding hydrogens is 507 g/mol. The van der Waals surface area contributed by atoms with Crippen molar-refractivity contribution in [1.29, 1.82) is 0 Å².